The molecule has 104 valence electrons. The van der Waals surface area contributed by atoms with Gasteiger partial charge in [-0.1, -0.05) is 6.07 Å². The fourth-order valence-corrected chi connectivity index (χ4v) is 4.29. The van der Waals surface area contributed by atoms with Crippen molar-refractivity contribution in [3.05, 3.63) is 24.3 Å². The number of hydrogen-bond donors (Lipinski definition) is 1. The van der Waals surface area contributed by atoms with Crippen molar-refractivity contribution >= 4 is 15.7 Å². The van der Waals surface area contributed by atoms with E-state index in [2.05, 4.69) is 4.90 Å². The maximum Gasteiger partial charge on any atom is 0.217 e. The SMILES string of the molecule is O=S(=O)(C1CC1)N1CCN(c2cccc(O)c2)CC1. The molecule has 3 rings (SSSR count). The molecule has 1 heterocycles. The molecule has 5 nitrogen and oxygen atoms in total. The van der Waals surface area contributed by atoms with Crippen LogP contribution >= 0.6 is 0 Å². The molecule has 0 aromatic heterocycles. The Labute approximate surface area is 113 Å². The molecule has 1 saturated carbocycles. The second-order valence-corrected chi connectivity index (χ2v) is 7.36. The fourth-order valence-electron chi connectivity index (χ4n) is 2.47. The summed E-state index contributed by atoms with van der Waals surface area (Å²) in [6, 6.07) is 7.09. The molecule has 0 atom stereocenters. The number of phenolic OH excluding ortho intramolecular Hbond substituents is 1. The molecular weight excluding hydrogens is 264 g/mol. The Kier molecular flexibility index (Phi) is 3.14. The molecule has 2 fully saturated rings. The number of phenols is 1. The first-order chi connectivity index (χ1) is 9.07. The Balaban J connectivity index is 1.66. The average molecular weight is 282 g/mol. The van der Waals surface area contributed by atoms with E-state index in [1.165, 1.54) is 0 Å². The zero-order valence-electron chi connectivity index (χ0n) is 10.7. The predicted molar refractivity (Wildman–Crippen MR) is 73.8 cm³/mol. The normalized spacial score (nSPS) is 21.6. The summed E-state index contributed by atoms with van der Waals surface area (Å²) in [7, 11) is -3.05. The van der Waals surface area contributed by atoms with Crippen molar-refractivity contribution in [2.24, 2.45) is 0 Å². The first-order valence-electron chi connectivity index (χ1n) is 6.60. The van der Waals surface area contributed by atoms with Crippen LogP contribution in [-0.4, -0.2) is 49.3 Å². The summed E-state index contributed by atoms with van der Waals surface area (Å²) in [5.74, 6) is 0.241. The van der Waals surface area contributed by atoms with E-state index in [1.807, 2.05) is 6.07 Å². The third-order valence-corrected chi connectivity index (χ3v) is 6.14. The second kappa shape index (κ2) is 4.68. The first kappa shape index (κ1) is 12.7. The molecule has 19 heavy (non-hydrogen) atoms. The number of hydrogen-bond acceptors (Lipinski definition) is 4. The van der Waals surface area contributed by atoms with Crippen LogP contribution in [0.1, 0.15) is 12.8 Å². The highest BCUT2D eigenvalue weighted by Crippen LogP contribution is 2.32. The van der Waals surface area contributed by atoms with Crippen LogP contribution in [0.2, 0.25) is 0 Å². The van der Waals surface area contributed by atoms with Crippen molar-refractivity contribution < 1.29 is 13.5 Å². The number of rotatable bonds is 3. The zero-order chi connectivity index (χ0) is 13.5. The van der Waals surface area contributed by atoms with Crippen molar-refractivity contribution in [3.8, 4) is 5.75 Å². The lowest BCUT2D eigenvalue weighted by atomic mass is 10.2. The van der Waals surface area contributed by atoms with Crippen LogP contribution in [0.15, 0.2) is 24.3 Å². The van der Waals surface area contributed by atoms with Crippen LogP contribution in [0.25, 0.3) is 0 Å². The van der Waals surface area contributed by atoms with Crippen LogP contribution in [0.5, 0.6) is 5.75 Å². The van der Waals surface area contributed by atoms with Gasteiger partial charge in [-0.05, 0) is 25.0 Å². The van der Waals surface area contributed by atoms with Crippen LogP contribution in [0.4, 0.5) is 5.69 Å². The minimum Gasteiger partial charge on any atom is -0.508 e. The monoisotopic (exact) mass is 282 g/mol. The van der Waals surface area contributed by atoms with Crippen molar-refractivity contribution in [1.82, 2.24) is 4.31 Å². The largest absolute Gasteiger partial charge is 0.508 e. The van der Waals surface area contributed by atoms with Crippen molar-refractivity contribution in [1.29, 1.82) is 0 Å². The van der Waals surface area contributed by atoms with Crippen LogP contribution < -0.4 is 4.90 Å². The second-order valence-electron chi connectivity index (χ2n) is 5.15. The molecule has 1 aliphatic heterocycles. The highest BCUT2D eigenvalue weighted by atomic mass is 32.2. The maximum absolute atomic E-state index is 12.1. The van der Waals surface area contributed by atoms with Gasteiger partial charge < -0.3 is 10.0 Å². The summed E-state index contributed by atoms with van der Waals surface area (Å²) in [6.45, 7) is 2.42. The summed E-state index contributed by atoms with van der Waals surface area (Å²) in [4.78, 5) is 2.11. The minimum absolute atomic E-state index is 0.125. The fraction of sp³-hybridized carbons (Fsp3) is 0.538. The minimum atomic E-state index is -3.05. The Morgan fingerprint density at radius 3 is 2.37 bits per heavy atom. The molecule has 0 spiro atoms. The third kappa shape index (κ3) is 2.55. The summed E-state index contributed by atoms with van der Waals surface area (Å²) in [6.07, 6.45) is 1.63. The van der Waals surface area contributed by atoms with E-state index >= 15 is 0 Å². The van der Waals surface area contributed by atoms with E-state index in [-0.39, 0.29) is 11.0 Å². The molecular formula is C13H18N2O3S. The number of benzene rings is 1. The Bertz CT molecular complexity index is 561. The molecule has 1 saturated heterocycles. The quantitative estimate of drug-likeness (QED) is 0.898. The van der Waals surface area contributed by atoms with Gasteiger partial charge in [0.25, 0.3) is 0 Å². The van der Waals surface area contributed by atoms with Gasteiger partial charge in [-0.15, -0.1) is 0 Å². The van der Waals surface area contributed by atoms with E-state index in [0.717, 1.165) is 18.5 Å². The summed E-state index contributed by atoms with van der Waals surface area (Å²) >= 11 is 0. The smallest absolute Gasteiger partial charge is 0.217 e. The van der Waals surface area contributed by atoms with Gasteiger partial charge in [0.2, 0.25) is 10.0 Å². The van der Waals surface area contributed by atoms with Crippen LogP contribution in [0.3, 0.4) is 0 Å². The molecule has 6 heteroatoms. The van der Waals surface area contributed by atoms with Crippen molar-refractivity contribution in [3.63, 3.8) is 0 Å². The summed E-state index contributed by atoms with van der Waals surface area (Å²) in [5, 5.41) is 9.35. The van der Waals surface area contributed by atoms with E-state index in [4.69, 9.17) is 0 Å². The Morgan fingerprint density at radius 2 is 1.79 bits per heavy atom. The number of nitrogens with zero attached hydrogens (tertiary/aromatic N) is 2. The van der Waals surface area contributed by atoms with Crippen molar-refractivity contribution in [2.75, 3.05) is 31.1 Å². The molecule has 1 N–H and O–H groups in total. The first-order valence-corrected chi connectivity index (χ1v) is 8.10. The Hall–Kier alpha value is -1.27. The lowest BCUT2D eigenvalue weighted by Crippen LogP contribution is -2.49. The van der Waals surface area contributed by atoms with E-state index in [1.54, 1.807) is 22.5 Å². The number of aromatic hydroxyl groups is 1. The Morgan fingerprint density at radius 1 is 1.11 bits per heavy atom. The number of piperazine rings is 1. The molecule has 0 unspecified atom stereocenters. The van der Waals surface area contributed by atoms with Gasteiger partial charge in [-0.3, -0.25) is 0 Å². The van der Waals surface area contributed by atoms with Crippen LogP contribution in [-0.2, 0) is 10.0 Å². The van der Waals surface area contributed by atoms with Gasteiger partial charge in [0, 0.05) is 37.9 Å². The lowest BCUT2D eigenvalue weighted by Gasteiger charge is -2.35. The lowest BCUT2D eigenvalue weighted by molar-refractivity contribution is 0.384. The molecule has 1 aliphatic carbocycles. The molecule has 0 amide bonds. The molecule has 0 bridgehead atoms. The predicted octanol–water partition coefficient (Wildman–Crippen LogP) is 1.01. The standard InChI is InChI=1S/C13H18N2O3S/c16-12-3-1-2-11(10-12)14-6-8-15(9-7-14)19(17,18)13-4-5-13/h1-3,10,13,16H,4-9H2. The average Bonchev–Trinajstić information content (AvgIpc) is 3.23. The van der Waals surface area contributed by atoms with Crippen LogP contribution in [0, 0.1) is 0 Å². The number of anilines is 1. The highest BCUT2D eigenvalue weighted by Gasteiger charge is 2.40. The summed E-state index contributed by atoms with van der Waals surface area (Å²) < 4.78 is 25.8. The highest BCUT2D eigenvalue weighted by molar-refractivity contribution is 7.90. The maximum atomic E-state index is 12.1. The molecule has 1 aromatic carbocycles. The molecule has 0 radical (unpaired) electrons. The van der Waals surface area contributed by atoms with Gasteiger partial charge in [0.1, 0.15) is 5.75 Å². The molecule has 1 aromatic rings. The van der Waals surface area contributed by atoms with E-state index in [9.17, 15) is 13.5 Å². The topological polar surface area (TPSA) is 60.9 Å². The third-order valence-electron chi connectivity index (χ3n) is 3.74. The van der Waals surface area contributed by atoms with Gasteiger partial charge in [0.05, 0.1) is 5.25 Å². The van der Waals surface area contributed by atoms with E-state index in [0.29, 0.717) is 26.2 Å². The van der Waals surface area contributed by atoms with Gasteiger partial charge in [-0.25, -0.2) is 8.42 Å². The van der Waals surface area contributed by atoms with Gasteiger partial charge in [0.15, 0.2) is 0 Å². The van der Waals surface area contributed by atoms with Crippen molar-refractivity contribution in [2.45, 2.75) is 18.1 Å². The number of sulfonamides is 1. The molecule has 2 aliphatic rings. The summed E-state index contributed by atoms with van der Waals surface area (Å²) in [5.41, 5.74) is 0.948. The van der Waals surface area contributed by atoms with Gasteiger partial charge >= 0.3 is 0 Å². The van der Waals surface area contributed by atoms with Gasteiger partial charge in [-0.2, -0.15) is 4.31 Å². The van der Waals surface area contributed by atoms with E-state index < -0.39 is 10.0 Å². The zero-order valence-corrected chi connectivity index (χ0v) is 11.5.